The summed E-state index contributed by atoms with van der Waals surface area (Å²) in [6.45, 7) is 2.60. The second-order valence-corrected chi connectivity index (χ2v) is 10.1. The molecule has 1 aromatic heterocycles. The minimum absolute atomic E-state index is 0.0580. The van der Waals surface area contributed by atoms with Crippen LogP contribution in [0.25, 0.3) is 0 Å². The fraction of sp³-hybridized carbons (Fsp3) is 0.393. The first kappa shape index (κ1) is 24.4. The molecule has 6 nitrogen and oxygen atoms in total. The van der Waals surface area contributed by atoms with Crippen molar-refractivity contribution in [2.75, 3.05) is 29.9 Å². The van der Waals surface area contributed by atoms with Gasteiger partial charge >= 0.3 is 0 Å². The van der Waals surface area contributed by atoms with Gasteiger partial charge in [-0.3, -0.25) is 0 Å². The van der Waals surface area contributed by atoms with Gasteiger partial charge in [0.25, 0.3) is 0 Å². The Balaban J connectivity index is 1.31. The van der Waals surface area contributed by atoms with Crippen LogP contribution in [-0.4, -0.2) is 34.7 Å². The minimum atomic E-state index is -0.212. The number of hydrogen-bond acceptors (Lipinski definition) is 5. The summed E-state index contributed by atoms with van der Waals surface area (Å²) in [6, 6.07) is 18.4. The number of thiocarbonyl (C=S) groups is 1. The summed E-state index contributed by atoms with van der Waals surface area (Å²) in [6.07, 6.45) is 7.93. The van der Waals surface area contributed by atoms with Gasteiger partial charge in [-0.2, -0.15) is 9.97 Å². The van der Waals surface area contributed by atoms with Crippen LogP contribution in [0.5, 0.6) is 11.6 Å². The van der Waals surface area contributed by atoms with Crippen LogP contribution < -0.4 is 20.3 Å². The van der Waals surface area contributed by atoms with Crippen molar-refractivity contribution < 1.29 is 9.13 Å². The normalized spacial score (nSPS) is 17.0. The van der Waals surface area contributed by atoms with Crippen molar-refractivity contribution in [3.05, 3.63) is 72.0 Å². The van der Waals surface area contributed by atoms with Gasteiger partial charge in [-0.1, -0.05) is 43.2 Å². The van der Waals surface area contributed by atoms with Crippen molar-refractivity contribution in [1.29, 1.82) is 0 Å². The highest BCUT2D eigenvalue weighted by Gasteiger charge is 2.35. The Labute approximate surface area is 217 Å². The first-order chi connectivity index (χ1) is 17.6. The summed E-state index contributed by atoms with van der Waals surface area (Å²) in [7, 11) is 0. The van der Waals surface area contributed by atoms with Crippen LogP contribution in [0, 0.1) is 5.82 Å². The van der Waals surface area contributed by atoms with Gasteiger partial charge in [0.2, 0.25) is 11.8 Å². The fourth-order valence-corrected chi connectivity index (χ4v) is 5.40. The summed E-state index contributed by atoms with van der Waals surface area (Å²) in [4.78, 5) is 11.6. The second-order valence-electron chi connectivity index (χ2n) is 9.65. The molecule has 0 amide bonds. The van der Waals surface area contributed by atoms with Crippen LogP contribution in [0.2, 0.25) is 0 Å². The van der Waals surface area contributed by atoms with Crippen molar-refractivity contribution in [3.8, 4) is 11.6 Å². The van der Waals surface area contributed by atoms with Crippen LogP contribution in [0.3, 0.4) is 0 Å². The second kappa shape index (κ2) is 11.2. The lowest BCUT2D eigenvalue weighted by atomic mass is 9.79. The highest BCUT2D eigenvalue weighted by atomic mass is 32.1. The van der Waals surface area contributed by atoms with E-state index in [9.17, 15) is 4.39 Å². The molecule has 2 aromatic carbocycles. The third kappa shape index (κ3) is 5.93. The van der Waals surface area contributed by atoms with E-state index in [0.29, 0.717) is 23.5 Å². The Morgan fingerprint density at radius 3 is 2.39 bits per heavy atom. The lowest BCUT2D eigenvalue weighted by Crippen LogP contribution is -2.41. The quantitative estimate of drug-likeness (QED) is 0.371. The highest BCUT2D eigenvalue weighted by Crippen LogP contribution is 2.40. The Morgan fingerprint density at radius 2 is 1.67 bits per heavy atom. The first-order valence-electron chi connectivity index (χ1n) is 12.8. The molecule has 2 aliphatic rings. The lowest BCUT2D eigenvalue weighted by Gasteiger charge is -2.30. The first-order valence-corrected chi connectivity index (χ1v) is 13.2. The smallest absolute Gasteiger partial charge is 0.234 e. The summed E-state index contributed by atoms with van der Waals surface area (Å²) in [5.41, 5.74) is 1.09. The average molecular weight is 506 g/mol. The third-order valence-corrected chi connectivity index (χ3v) is 7.41. The molecule has 1 aliphatic carbocycles. The molecule has 2 N–H and O–H groups in total. The number of piperidine rings is 1. The topological polar surface area (TPSA) is 62.3 Å². The molecule has 1 aliphatic heterocycles. The number of hydrogen-bond donors (Lipinski definition) is 2. The third-order valence-electron chi connectivity index (χ3n) is 7.16. The van der Waals surface area contributed by atoms with E-state index in [2.05, 4.69) is 20.5 Å². The molecule has 188 valence electrons. The van der Waals surface area contributed by atoms with Crippen molar-refractivity contribution in [2.24, 2.45) is 0 Å². The number of ether oxygens (including phenoxy) is 1. The van der Waals surface area contributed by atoms with Gasteiger partial charge in [0, 0.05) is 31.1 Å². The molecular weight excluding hydrogens is 473 g/mol. The molecule has 1 saturated carbocycles. The molecule has 2 fully saturated rings. The van der Waals surface area contributed by atoms with Crippen molar-refractivity contribution in [1.82, 2.24) is 15.3 Å². The van der Waals surface area contributed by atoms with Crippen molar-refractivity contribution >= 4 is 29.1 Å². The van der Waals surface area contributed by atoms with E-state index in [4.69, 9.17) is 21.9 Å². The summed E-state index contributed by atoms with van der Waals surface area (Å²) >= 11 is 5.65. The Kier molecular flexibility index (Phi) is 7.60. The molecule has 5 rings (SSSR count). The predicted molar refractivity (Wildman–Crippen MR) is 145 cm³/mol. The van der Waals surface area contributed by atoms with Crippen molar-refractivity contribution in [2.45, 2.75) is 50.4 Å². The minimum Gasteiger partial charge on any atom is -0.439 e. The summed E-state index contributed by atoms with van der Waals surface area (Å²) in [5.74, 6) is 2.22. The van der Waals surface area contributed by atoms with E-state index in [1.54, 1.807) is 12.1 Å². The Morgan fingerprint density at radius 1 is 0.944 bits per heavy atom. The standard InChI is InChI=1S/C28H32FN5OS/c29-22-13-11-21(12-14-22)28(15-5-6-16-28)20-30-27(36)33-26-31-24(34-17-7-2-8-18-34)19-25(32-26)35-23-9-3-1-4-10-23/h1,3-4,9-14,19H,2,5-8,15-18,20H2,(H2,30,31,32,33,36). The summed E-state index contributed by atoms with van der Waals surface area (Å²) in [5, 5.41) is 7.03. The predicted octanol–water partition coefficient (Wildman–Crippen LogP) is 6.20. The van der Waals surface area contributed by atoms with E-state index >= 15 is 0 Å². The molecule has 2 heterocycles. The van der Waals surface area contributed by atoms with Gasteiger partial charge in [-0.05, 0) is 74.2 Å². The molecule has 3 aromatic rings. The van der Waals surface area contributed by atoms with Gasteiger partial charge in [0.05, 0.1) is 0 Å². The van der Waals surface area contributed by atoms with Crippen LogP contribution in [0.15, 0.2) is 60.7 Å². The molecule has 1 saturated heterocycles. The van der Waals surface area contributed by atoms with Gasteiger partial charge < -0.3 is 20.3 Å². The number of anilines is 2. The van der Waals surface area contributed by atoms with E-state index < -0.39 is 0 Å². The Bertz CT molecular complexity index is 1160. The van der Waals surface area contributed by atoms with E-state index in [1.165, 1.54) is 6.42 Å². The molecule has 8 heteroatoms. The SMILES string of the molecule is Fc1ccc(C2(CNC(=S)Nc3nc(Oc4ccccc4)cc(N4CCCCC4)n3)CCCC2)cc1. The molecule has 0 spiro atoms. The van der Waals surface area contributed by atoms with Crippen molar-refractivity contribution in [3.63, 3.8) is 0 Å². The zero-order chi connectivity index (χ0) is 24.8. The lowest BCUT2D eigenvalue weighted by molar-refractivity contribution is 0.434. The van der Waals surface area contributed by atoms with Crippen LogP contribution in [0.4, 0.5) is 16.2 Å². The number of rotatable bonds is 7. The van der Waals surface area contributed by atoms with E-state index in [-0.39, 0.29) is 11.2 Å². The fourth-order valence-electron chi connectivity index (χ4n) is 5.23. The van der Waals surface area contributed by atoms with Gasteiger partial charge in [-0.15, -0.1) is 0 Å². The number of para-hydroxylation sites is 1. The molecule has 0 bridgehead atoms. The maximum atomic E-state index is 13.5. The molecular formula is C28H32FN5OS. The zero-order valence-corrected chi connectivity index (χ0v) is 21.2. The van der Waals surface area contributed by atoms with E-state index in [1.807, 2.05) is 48.5 Å². The number of nitrogens with zero attached hydrogens (tertiary/aromatic N) is 3. The number of nitrogens with one attached hydrogen (secondary N) is 2. The monoisotopic (exact) mass is 505 g/mol. The number of aromatic nitrogens is 2. The van der Waals surface area contributed by atoms with Gasteiger partial charge in [0.1, 0.15) is 17.4 Å². The zero-order valence-electron chi connectivity index (χ0n) is 20.4. The molecule has 0 unspecified atom stereocenters. The maximum absolute atomic E-state index is 13.5. The molecule has 36 heavy (non-hydrogen) atoms. The highest BCUT2D eigenvalue weighted by molar-refractivity contribution is 7.80. The van der Waals surface area contributed by atoms with Crippen LogP contribution in [0.1, 0.15) is 50.5 Å². The van der Waals surface area contributed by atoms with Crippen LogP contribution >= 0.6 is 12.2 Å². The van der Waals surface area contributed by atoms with Gasteiger partial charge in [-0.25, -0.2) is 4.39 Å². The largest absolute Gasteiger partial charge is 0.439 e. The molecule has 0 radical (unpaired) electrons. The molecule has 0 atom stereocenters. The number of benzene rings is 2. The van der Waals surface area contributed by atoms with Gasteiger partial charge in [0.15, 0.2) is 5.11 Å². The van der Waals surface area contributed by atoms with Crippen LogP contribution in [-0.2, 0) is 5.41 Å². The summed E-state index contributed by atoms with van der Waals surface area (Å²) < 4.78 is 19.6. The average Bonchev–Trinajstić information content (AvgIpc) is 3.39. The van der Waals surface area contributed by atoms with E-state index in [0.717, 1.165) is 68.7 Å². The Hall–Kier alpha value is -3.26. The maximum Gasteiger partial charge on any atom is 0.234 e. The number of halogens is 1.